The van der Waals surface area contributed by atoms with E-state index in [2.05, 4.69) is 12.2 Å². The molecule has 2 atom stereocenters. The fraction of sp³-hybridized carbons (Fsp3) is 0.560. The molecule has 1 saturated heterocycles. The van der Waals surface area contributed by atoms with E-state index < -0.39 is 11.7 Å². The lowest BCUT2D eigenvalue weighted by Crippen LogP contribution is -2.44. The summed E-state index contributed by atoms with van der Waals surface area (Å²) in [7, 11) is 0. The molecule has 4 rings (SSSR count). The third-order valence-electron chi connectivity index (χ3n) is 6.93. The zero-order chi connectivity index (χ0) is 21.8. The fourth-order valence-corrected chi connectivity index (χ4v) is 5.01. The van der Waals surface area contributed by atoms with E-state index in [0.29, 0.717) is 11.5 Å². The minimum absolute atomic E-state index is 0.0585. The maximum Gasteiger partial charge on any atom is 0.292 e. The molecule has 31 heavy (non-hydrogen) atoms. The van der Waals surface area contributed by atoms with Crippen LogP contribution in [-0.2, 0) is 16.1 Å². The van der Waals surface area contributed by atoms with Crippen molar-refractivity contribution in [1.29, 1.82) is 0 Å². The van der Waals surface area contributed by atoms with Gasteiger partial charge in [-0.3, -0.25) is 14.4 Å². The second kappa shape index (κ2) is 9.67. The van der Waals surface area contributed by atoms with Crippen LogP contribution in [0.2, 0.25) is 0 Å². The predicted octanol–water partition coefficient (Wildman–Crippen LogP) is 3.92. The van der Waals surface area contributed by atoms with Crippen molar-refractivity contribution in [3.8, 4) is 0 Å². The molecule has 1 aliphatic carbocycles. The number of nitrogens with zero attached hydrogens (tertiary/aromatic N) is 2. The van der Waals surface area contributed by atoms with E-state index in [9.17, 15) is 14.4 Å². The van der Waals surface area contributed by atoms with Crippen LogP contribution in [0, 0.1) is 5.92 Å². The molecule has 0 spiro atoms. The molecule has 1 aromatic heterocycles. The number of benzene rings is 1. The molecule has 2 aliphatic rings. The number of Topliss-reactive ketones (excluding diaryl/α,β-unsaturated/α-hetero) is 1. The summed E-state index contributed by atoms with van der Waals surface area (Å²) in [6.45, 7) is 3.92. The molecule has 1 aromatic carbocycles. The molecule has 2 aromatic rings. The molecule has 1 aliphatic heterocycles. The quantitative estimate of drug-likeness (QED) is 0.585. The SMILES string of the molecule is CC1CCCCC1NC(=O)C(=O)c1cn(CC(=O)N2CCCCCC2)c2ccccc12. The van der Waals surface area contributed by atoms with E-state index in [0.717, 1.165) is 56.1 Å². The first-order valence-corrected chi connectivity index (χ1v) is 11.8. The Kier molecular flexibility index (Phi) is 6.73. The highest BCUT2D eigenvalue weighted by atomic mass is 16.2. The van der Waals surface area contributed by atoms with Crippen molar-refractivity contribution in [1.82, 2.24) is 14.8 Å². The topological polar surface area (TPSA) is 71.4 Å². The number of nitrogens with one attached hydrogen (secondary N) is 1. The van der Waals surface area contributed by atoms with Crippen LogP contribution in [0.25, 0.3) is 10.9 Å². The van der Waals surface area contributed by atoms with Crippen LogP contribution in [0.4, 0.5) is 0 Å². The average Bonchev–Trinajstić information content (AvgIpc) is 2.94. The molecule has 2 fully saturated rings. The number of fused-ring (bicyclic) bond motifs is 1. The van der Waals surface area contributed by atoms with Crippen LogP contribution in [0.15, 0.2) is 30.5 Å². The highest BCUT2D eigenvalue weighted by Crippen LogP contribution is 2.25. The van der Waals surface area contributed by atoms with Crippen molar-refractivity contribution in [3.63, 3.8) is 0 Å². The zero-order valence-electron chi connectivity index (χ0n) is 18.4. The Labute approximate surface area is 184 Å². The van der Waals surface area contributed by atoms with Gasteiger partial charge in [0.25, 0.3) is 11.7 Å². The summed E-state index contributed by atoms with van der Waals surface area (Å²) in [5, 5.41) is 3.69. The maximum atomic E-state index is 13.1. The summed E-state index contributed by atoms with van der Waals surface area (Å²) >= 11 is 0. The smallest absolute Gasteiger partial charge is 0.292 e. The highest BCUT2D eigenvalue weighted by molar-refractivity contribution is 6.45. The third-order valence-corrected chi connectivity index (χ3v) is 6.93. The summed E-state index contributed by atoms with van der Waals surface area (Å²) in [5.41, 5.74) is 1.19. The predicted molar refractivity (Wildman–Crippen MR) is 121 cm³/mol. The largest absolute Gasteiger partial charge is 0.346 e. The van der Waals surface area contributed by atoms with Gasteiger partial charge in [0.05, 0.1) is 5.56 Å². The van der Waals surface area contributed by atoms with Crippen LogP contribution in [0.3, 0.4) is 0 Å². The van der Waals surface area contributed by atoms with E-state index >= 15 is 0 Å². The standard InChI is InChI=1S/C25H33N3O3/c1-18-10-4-6-12-21(18)26-25(31)24(30)20-16-28(22-13-7-5-11-19(20)22)17-23(29)27-14-8-2-3-9-15-27/h5,7,11,13,16,18,21H,2-4,6,8-10,12,14-15,17H2,1H3,(H,26,31). The molecule has 166 valence electrons. The Hall–Kier alpha value is -2.63. The average molecular weight is 424 g/mol. The number of rotatable bonds is 5. The van der Waals surface area contributed by atoms with Gasteiger partial charge < -0.3 is 14.8 Å². The molecular formula is C25H33N3O3. The summed E-state index contributed by atoms with van der Waals surface area (Å²) in [5.74, 6) is -0.601. The minimum Gasteiger partial charge on any atom is -0.346 e. The Balaban J connectivity index is 1.53. The van der Waals surface area contributed by atoms with Crippen molar-refractivity contribution in [2.24, 2.45) is 5.92 Å². The third kappa shape index (κ3) is 4.83. The number of amides is 2. The van der Waals surface area contributed by atoms with Gasteiger partial charge >= 0.3 is 0 Å². The van der Waals surface area contributed by atoms with Crippen molar-refractivity contribution in [2.75, 3.05) is 13.1 Å². The molecule has 2 amide bonds. The number of hydrogen-bond acceptors (Lipinski definition) is 3. The van der Waals surface area contributed by atoms with Crippen molar-refractivity contribution in [2.45, 2.75) is 70.9 Å². The maximum absolute atomic E-state index is 13.1. The van der Waals surface area contributed by atoms with Crippen LogP contribution < -0.4 is 5.32 Å². The molecular weight excluding hydrogens is 390 g/mol. The summed E-state index contributed by atoms with van der Waals surface area (Å²) < 4.78 is 1.83. The first-order valence-electron chi connectivity index (χ1n) is 11.8. The van der Waals surface area contributed by atoms with Crippen LogP contribution >= 0.6 is 0 Å². The molecule has 0 bridgehead atoms. The van der Waals surface area contributed by atoms with Gasteiger partial charge in [0.15, 0.2) is 0 Å². The second-order valence-electron chi connectivity index (χ2n) is 9.15. The van der Waals surface area contributed by atoms with Crippen LogP contribution in [-0.4, -0.2) is 46.2 Å². The van der Waals surface area contributed by atoms with E-state index in [1.807, 2.05) is 33.7 Å². The van der Waals surface area contributed by atoms with Gasteiger partial charge in [0, 0.05) is 36.2 Å². The molecule has 2 heterocycles. The first kappa shape index (κ1) is 21.6. The summed E-state index contributed by atoms with van der Waals surface area (Å²) in [6, 6.07) is 7.58. The Morgan fingerprint density at radius 1 is 0.968 bits per heavy atom. The molecule has 2 unspecified atom stereocenters. The number of carbonyl (C=O) groups is 3. The van der Waals surface area contributed by atoms with Crippen LogP contribution in [0.5, 0.6) is 0 Å². The minimum atomic E-state index is -0.541. The lowest BCUT2D eigenvalue weighted by atomic mass is 9.86. The lowest BCUT2D eigenvalue weighted by Gasteiger charge is -2.29. The van der Waals surface area contributed by atoms with Crippen molar-refractivity contribution < 1.29 is 14.4 Å². The Bertz CT molecular complexity index is 956. The number of para-hydroxylation sites is 1. The van der Waals surface area contributed by atoms with Gasteiger partial charge in [0.1, 0.15) is 6.54 Å². The molecule has 1 saturated carbocycles. The zero-order valence-corrected chi connectivity index (χ0v) is 18.4. The van der Waals surface area contributed by atoms with Gasteiger partial charge in [0.2, 0.25) is 5.91 Å². The first-order chi connectivity index (χ1) is 15.0. The summed E-state index contributed by atoms with van der Waals surface area (Å²) in [4.78, 5) is 40.7. The molecule has 1 N–H and O–H groups in total. The number of carbonyl (C=O) groups excluding carboxylic acids is 3. The molecule has 6 heteroatoms. The Morgan fingerprint density at radius 2 is 1.68 bits per heavy atom. The van der Waals surface area contributed by atoms with E-state index in [-0.39, 0.29) is 18.5 Å². The second-order valence-corrected chi connectivity index (χ2v) is 9.15. The van der Waals surface area contributed by atoms with Gasteiger partial charge in [-0.2, -0.15) is 0 Å². The lowest BCUT2D eigenvalue weighted by molar-refractivity contribution is -0.131. The summed E-state index contributed by atoms with van der Waals surface area (Å²) in [6.07, 6.45) is 10.4. The van der Waals surface area contributed by atoms with Gasteiger partial charge in [-0.25, -0.2) is 0 Å². The fourth-order valence-electron chi connectivity index (χ4n) is 5.01. The Morgan fingerprint density at radius 3 is 2.42 bits per heavy atom. The van der Waals surface area contributed by atoms with Crippen molar-refractivity contribution in [3.05, 3.63) is 36.0 Å². The normalized spacial score (nSPS) is 22.2. The van der Waals surface area contributed by atoms with Gasteiger partial charge in [-0.05, 0) is 37.7 Å². The molecule has 6 nitrogen and oxygen atoms in total. The number of ketones is 1. The number of likely N-dealkylation sites (tertiary alicyclic amines) is 1. The number of aromatic nitrogens is 1. The van der Waals surface area contributed by atoms with Crippen molar-refractivity contribution >= 4 is 28.5 Å². The van der Waals surface area contributed by atoms with Gasteiger partial charge in [-0.1, -0.05) is 50.8 Å². The number of hydrogen-bond donors (Lipinski definition) is 1. The van der Waals surface area contributed by atoms with Crippen LogP contribution in [0.1, 0.15) is 68.6 Å². The van der Waals surface area contributed by atoms with E-state index in [1.165, 1.54) is 19.3 Å². The highest BCUT2D eigenvalue weighted by Gasteiger charge is 2.28. The molecule has 0 radical (unpaired) electrons. The van der Waals surface area contributed by atoms with E-state index in [1.54, 1.807) is 6.20 Å². The monoisotopic (exact) mass is 423 g/mol. The van der Waals surface area contributed by atoms with E-state index in [4.69, 9.17) is 0 Å². The van der Waals surface area contributed by atoms with Gasteiger partial charge in [-0.15, -0.1) is 0 Å².